The highest BCUT2D eigenvalue weighted by Gasteiger charge is 2.34. The average Bonchev–Trinajstić information content (AvgIpc) is 3.69. The molecule has 1 atom stereocenters. The van der Waals surface area contributed by atoms with E-state index >= 15 is 0 Å². The summed E-state index contributed by atoms with van der Waals surface area (Å²) in [4.78, 5) is 17.8. The molecule has 45 heavy (non-hydrogen) atoms. The number of hydrogen-bond donors (Lipinski definition) is 0. The minimum atomic E-state index is -0.311. The molecule has 0 radical (unpaired) electrons. The van der Waals surface area contributed by atoms with E-state index in [0.717, 1.165) is 62.5 Å². The Morgan fingerprint density at radius 1 is 0.756 bits per heavy atom. The summed E-state index contributed by atoms with van der Waals surface area (Å²) >= 11 is 0. The minimum absolute atomic E-state index is 0.131. The van der Waals surface area contributed by atoms with Crippen LogP contribution in [0.1, 0.15) is 39.4 Å². The zero-order chi connectivity index (χ0) is 30.4. The Labute approximate surface area is 262 Å². The Bertz CT molecular complexity index is 1900. The summed E-state index contributed by atoms with van der Waals surface area (Å²) in [7, 11) is 0. The van der Waals surface area contributed by atoms with Crippen molar-refractivity contribution in [3.8, 4) is 33.8 Å². The van der Waals surface area contributed by atoms with Gasteiger partial charge in [-0.3, -0.25) is 9.78 Å². The SMILES string of the molecule is O=C1c2ccccc2CC1c1cn(-c2ccc(-c3ccccc3)cc2OCCCOCc2ccccc2)nc1-c1ccncc1. The molecular weight excluding hydrogens is 558 g/mol. The zero-order valence-electron chi connectivity index (χ0n) is 24.9. The van der Waals surface area contributed by atoms with E-state index < -0.39 is 0 Å². The molecule has 0 saturated heterocycles. The van der Waals surface area contributed by atoms with Crippen LogP contribution in [-0.2, 0) is 17.8 Å². The molecule has 7 rings (SSSR count). The number of nitrogens with zero attached hydrogens (tertiary/aromatic N) is 3. The lowest BCUT2D eigenvalue weighted by molar-refractivity contribution is 0.0973. The van der Waals surface area contributed by atoms with E-state index in [9.17, 15) is 4.79 Å². The molecule has 4 aromatic carbocycles. The fourth-order valence-corrected chi connectivity index (χ4v) is 5.93. The van der Waals surface area contributed by atoms with Gasteiger partial charge in [-0.2, -0.15) is 5.10 Å². The monoisotopic (exact) mass is 591 g/mol. The van der Waals surface area contributed by atoms with Gasteiger partial charge in [-0.15, -0.1) is 0 Å². The fraction of sp³-hybridized carbons (Fsp3) is 0.154. The van der Waals surface area contributed by atoms with Gasteiger partial charge < -0.3 is 9.47 Å². The number of aromatic nitrogens is 3. The molecule has 1 aliphatic carbocycles. The average molecular weight is 592 g/mol. The topological polar surface area (TPSA) is 66.2 Å². The van der Waals surface area contributed by atoms with E-state index in [1.165, 1.54) is 0 Å². The Morgan fingerprint density at radius 3 is 2.31 bits per heavy atom. The number of ether oxygens (including phenoxy) is 2. The van der Waals surface area contributed by atoms with Crippen molar-refractivity contribution in [1.29, 1.82) is 0 Å². The summed E-state index contributed by atoms with van der Waals surface area (Å²) in [5.41, 5.74) is 8.58. The Hall–Kier alpha value is -5.33. The number of hydrogen-bond acceptors (Lipinski definition) is 5. The molecule has 0 aliphatic heterocycles. The van der Waals surface area contributed by atoms with Gasteiger partial charge in [0, 0.05) is 41.7 Å². The number of carbonyl (C=O) groups is 1. The normalized spacial score (nSPS) is 14.0. The van der Waals surface area contributed by atoms with Gasteiger partial charge in [-0.25, -0.2) is 4.68 Å². The molecule has 2 aromatic heterocycles. The van der Waals surface area contributed by atoms with Crippen molar-refractivity contribution < 1.29 is 14.3 Å². The third kappa shape index (κ3) is 6.19. The van der Waals surface area contributed by atoms with Crippen LogP contribution < -0.4 is 4.74 Å². The first-order valence-corrected chi connectivity index (χ1v) is 15.3. The first kappa shape index (κ1) is 28.4. The van der Waals surface area contributed by atoms with E-state index in [0.29, 0.717) is 26.2 Å². The number of benzene rings is 4. The number of fused-ring (bicyclic) bond motifs is 1. The van der Waals surface area contributed by atoms with Crippen LogP contribution >= 0.6 is 0 Å². The molecule has 0 bridgehead atoms. The van der Waals surface area contributed by atoms with E-state index in [2.05, 4.69) is 41.4 Å². The third-order valence-corrected chi connectivity index (χ3v) is 8.21. The minimum Gasteiger partial charge on any atom is -0.491 e. The Kier molecular flexibility index (Phi) is 8.29. The number of carbonyl (C=O) groups excluding carboxylic acids is 1. The van der Waals surface area contributed by atoms with Crippen molar-refractivity contribution in [2.24, 2.45) is 0 Å². The van der Waals surface area contributed by atoms with E-state index in [1.54, 1.807) is 12.4 Å². The summed E-state index contributed by atoms with van der Waals surface area (Å²) in [6, 6.07) is 38.4. The van der Waals surface area contributed by atoms with Gasteiger partial charge in [0.05, 0.1) is 31.4 Å². The molecule has 0 fully saturated rings. The third-order valence-electron chi connectivity index (χ3n) is 8.21. The van der Waals surface area contributed by atoms with Gasteiger partial charge in [0.2, 0.25) is 0 Å². The van der Waals surface area contributed by atoms with Crippen molar-refractivity contribution in [2.75, 3.05) is 13.2 Å². The molecule has 0 N–H and O–H groups in total. The quantitative estimate of drug-likeness (QED) is 0.142. The fourth-order valence-electron chi connectivity index (χ4n) is 5.93. The van der Waals surface area contributed by atoms with Crippen molar-refractivity contribution >= 4 is 5.78 Å². The van der Waals surface area contributed by atoms with Crippen LogP contribution in [0.25, 0.3) is 28.1 Å². The van der Waals surface area contributed by atoms with Crippen molar-refractivity contribution in [3.05, 3.63) is 156 Å². The summed E-state index contributed by atoms with van der Waals surface area (Å²) in [5, 5.41) is 5.08. The second-order valence-electron chi connectivity index (χ2n) is 11.2. The number of rotatable bonds is 11. The van der Waals surface area contributed by atoms with Crippen LogP contribution in [0.2, 0.25) is 0 Å². The van der Waals surface area contributed by atoms with Gasteiger partial charge in [0.15, 0.2) is 5.78 Å². The number of ketones is 1. The van der Waals surface area contributed by atoms with Crippen molar-refractivity contribution in [1.82, 2.24) is 14.8 Å². The maximum absolute atomic E-state index is 13.6. The first-order valence-electron chi connectivity index (χ1n) is 15.3. The van der Waals surface area contributed by atoms with Gasteiger partial charge in [0.25, 0.3) is 0 Å². The van der Waals surface area contributed by atoms with Crippen LogP contribution in [0.3, 0.4) is 0 Å². The standard InChI is InChI=1S/C39H33N3O3/c43-39-33-15-8-7-14-32(33)24-34(39)35-26-42(41-38(35)30-18-20-40-21-19-30)36-17-16-31(29-12-5-2-6-13-29)25-37(36)45-23-9-22-44-27-28-10-3-1-4-11-28/h1-8,10-21,25-26,34H,9,22-24,27H2. The second kappa shape index (κ2) is 13.1. The zero-order valence-corrected chi connectivity index (χ0v) is 24.9. The van der Waals surface area contributed by atoms with Crippen molar-refractivity contribution in [2.45, 2.75) is 25.4 Å². The lowest BCUT2D eigenvalue weighted by Crippen LogP contribution is -2.07. The van der Waals surface area contributed by atoms with Crippen LogP contribution in [0, 0.1) is 0 Å². The largest absolute Gasteiger partial charge is 0.491 e. The highest BCUT2D eigenvalue weighted by atomic mass is 16.5. The van der Waals surface area contributed by atoms with E-state index in [1.807, 2.05) is 89.7 Å². The predicted octanol–water partition coefficient (Wildman–Crippen LogP) is 8.11. The Morgan fingerprint density at radius 2 is 1.51 bits per heavy atom. The summed E-state index contributed by atoms with van der Waals surface area (Å²) < 4.78 is 14.2. The maximum Gasteiger partial charge on any atom is 0.171 e. The molecule has 1 aliphatic rings. The smallest absolute Gasteiger partial charge is 0.171 e. The van der Waals surface area contributed by atoms with Gasteiger partial charge in [-0.1, -0.05) is 91.0 Å². The molecule has 0 spiro atoms. The molecule has 0 amide bonds. The maximum atomic E-state index is 13.6. The van der Waals surface area contributed by atoms with Gasteiger partial charge in [-0.05, 0) is 52.9 Å². The summed E-state index contributed by atoms with van der Waals surface area (Å²) in [6.45, 7) is 1.65. The van der Waals surface area contributed by atoms with Gasteiger partial charge >= 0.3 is 0 Å². The lowest BCUT2D eigenvalue weighted by atomic mass is 9.93. The molecular formula is C39H33N3O3. The molecule has 1 unspecified atom stereocenters. The number of pyridine rings is 1. The molecule has 6 aromatic rings. The van der Waals surface area contributed by atoms with Crippen molar-refractivity contribution in [3.63, 3.8) is 0 Å². The second-order valence-corrected chi connectivity index (χ2v) is 11.2. The molecule has 6 nitrogen and oxygen atoms in total. The highest BCUT2D eigenvalue weighted by molar-refractivity contribution is 6.06. The highest BCUT2D eigenvalue weighted by Crippen LogP contribution is 2.39. The summed E-state index contributed by atoms with van der Waals surface area (Å²) in [6.07, 6.45) is 6.90. The molecule has 2 heterocycles. The predicted molar refractivity (Wildman–Crippen MR) is 176 cm³/mol. The Balaban J connectivity index is 1.20. The summed E-state index contributed by atoms with van der Waals surface area (Å²) in [5.74, 6) is 0.539. The number of Topliss-reactive ketones (excluding diaryl/α,β-unsaturated/α-hetero) is 1. The first-order chi connectivity index (χ1) is 22.2. The lowest BCUT2D eigenvalue weighted by Gasteiger charge is -2.14. The van der Waals surface area contributed by atoms with E-state index in [-0.39, 0.29) is 11.7 Å². The van der Waals surface area contributed by atoms with Crippen LogP contribution in [0.15, 0.2) is 134 Å². The van der Waals surface area contributed by atoms with Crippen LogP contribution in [0.4, 0.5) is 0 Å². The van der Waals surface area contributed by atoms with Crippen LogP contribution in [0.5, 0.6) is 5.75 Å². The molecule has 222 valence electrons. The van der Waals surface area contributed by atoms with E-state index in [4.69, 9.17) is 14.6 Å². The van der Waals surface area contributed by atoms with Gasteiger partial charge in [0.1, 0.15) is 11.4 Å². The van der Waals surface area contributed by atoms with Crippen LogP contribution in [-0.4, -0.2) is 33.8 Å². The molecule has 6 heteroatoms. The molecule has 0 saturated carbocycles.